The standard InChI is InChI=1S/C29H28FNO4S/c1-29(2,3)22-8-14-25(15-9-22)35-17-16-34-24-12-6-20(7-13-24)18-26-27(32)31(28(33)36-26)19-21-4-10-23(30)11-5-21/h4-15,18H,16-17,19H2,1-3H3/b26-18-. The third kappa shape index (κ3) is 6.55. The van der Waals surface area contributed by atoms with Crippen molar-refractivity contribution in [2.24, 2.45) is 0 Å². The number of hydrogen-bond donors (Lipinski definition) is 0. The van der Waals surface area contributed by atoms with Crippen LogP contribution < -0.4 is 9.47 Å². The highest BCUT2D eigenvalue weighted by Crippen LogP contribution is 2.33. The first-order valence-corrected chi connectivity index (χ1v) is 12.5. The molecule has 2 amide bonds. The van der Waals surface area contributed by atoms with E-state index in [4.69, 9.17) is 9.47 Å². The Labute approximate surface area is 214 Å². The highest BCUT2D eigenvalue weighted by atomic mass is 32.2. The van der Waals surface area contributed by atoms with Gasteiger partial charge in [0.05, 0.1) is 11.4 Å². The normalized spacial score (nSPS) is 15.0. The second-order valence-electron chi connectivity index (χ2n) is 9.43. The third-order valence-corrected chi connectivity index (χ3v) is 6.55. The van der Waals surface area contributed by atoms with Gasteiger partial charge in [0.2, 0.25) is 0 Å². The molecule has 0 spiro atoms. The first-order chi connectivity index (χ1) is 17.2. The summed E-state index contributed by atoms with van der Waals surface area (Å²) in [4.78, 5) is 26.6. The number of imide groups is 1. The number of hydrogen-bond acceptors (Lipinski definition) is 5. The maximum Gasteiger partial charge on any atom is 0.293 e. The van der Waals surface area contributed by atoms with Crippen molar-refractivity contribution >= 4 is 29.0 Å². The molecular formula is C29H28FNO4S. The summed E-state index contributed by atoms with van der Waals surface area (Å²) in [6.07, 6.45) is 1.68. The fourth-order valence-electron chi connectivity index (χ4n) is 3.59. The number of nitrogens with zero attached hydrogens (tertiary/aromatic N) is 1. The number of rotatable bonds is 8. The van der Waals surface area contributed by atoms with Crippen LogP contribution in [0.4, 0.5) is 9.18 Å². The van der Waals surface area contributed by atoms with Crippen LogP contribution in [0, 0.1) is 5.82 Å². The van der Waals surface area contributed by atoms with Gasteiger partial charge in [0, 0.05) is 0 Å². The molecule has 0 unspecified atom stereocenters. The molecule has 1 aliphatic rings. The van der Waals surface area contributed by atoms with Crippen LogP contribution >= 0.6 is 11.8 Å². The zero-order valence-corrected chi connectivity index (χ0v) is 21.3. The van der Waals surface area contributed by atoms with Crippen molar-refractivity contribution in [1.29, 1.82) is 0 Å². The molecule has 0 radical (unpaired) electrons. The summed E-state index contributed by atoms with van der Waals surface area (Å²) < 4.78 is 24.6. The van der Waals surface area contributed by atoms with Crippen LogP contribution in [0.15, 0.2) is 77.7 Å². The predicted octanol–water partition coefficient (Wildman–Crippen LogP) is 6.82. The Hall–Kier alpha value is -3.58. The van der Waals surface area contributed by atoms with Crippen molar-refractivity contribution in [2.75, 3.05) is 13.2 Å². The average Bonchev–Trinajstić information content (AvgIpc) is 3.11. The van der Waals surface area contributed by atoms with Gasteiger partial charge in [-0.2, -0.15) is 0 Å². The predicted molar refractivity (Wildman–Crippen MR) is 140 cm³/mol. The first-order valence-electron chi connectivity index (χ1n) is 11.6. The Bertz CT molecular complexity index is 1250. The van der Waals surface area contributed by atoms with Gasteiger partial charge in [0.25, 0.3) is 11.1 Å². The molecular weight excluding hydrogens is 477 g/mol. The van der Waals surface area contributed by atoms with E-state index in [9.17, 15) is 14.0 Å². The lowest BCUT2D eigenvalue weighted by Crippen LogP contribution is -2.27. The summed E-state index contributed by atoms with van der Waals surface area (Å²) in [6.45, 7) is 7.44. The van der Waals surface area contributed by atoms with Crippen molar-refractivity contribution in [1.82, 2.24) is 4.90 Å². The van der Waals surface area contributed by atoms with E-state index in [0.29, 0.717) is 29.4 Å². The number of thioether (sulfide) groups is 1. The lowest BCUT2D eigenvalue weighted by Gasteiger charge is -2.19. The van der Waals surface area contributed by atoms with Gasteiger partial charge in [-0.3, -0.25) is 14.5 Å². The van der Waals surface area contributed by atoms with E-state index in [-0.39, 0.29) is 28.9 Å². The minimum atomic E-state index is -0.362. The fraction of sp³-hybridized carbons (Fsp3) is 0.241. The number of halogens is 1. The van der Waals surface area contributed by atoms with Crippen molar-refractivity contribution < 1.29 is 23.5 Å². The molecule has 0 saturated carbocycles. The minimum absolute atomic E-state index is 0.104. The highest BCUT2D eigenvalue weighted by Gasteiger charge is 2.34. The quantitative estimate of drug-likeness (QED) is 0.248. The summed E-state index contributed by atoms with van der Waals surface area (Å²) >= 11 is 0.897. The molecule has 0 atom stereocenters. The molecule has 1 aliphatic heterocycles. The van der Waals surface area contributed by atoms with E-state index in [1.165, 1.54) is 17.7 Å². The maximum atomic E-state index is 13.1. The fourth-order valence-corrected chi connectivity index (χ4v) is 4.43. The van der Waals surface area contributed by atoms with E-state index in [1.54, 1.807) is 18.2 Å². The summed E-state index contributed by atoms with van der Waals surface area (Å²) in [5, 5.41) is -0.344. The molecule has 5 nitrogen and oxygen atoms in total. The van der Waals surface area contributed by atoms with Gasteiger partial charge < -0.3 is 9.47 Å². The van der Waals surface area contributed by atoms with E-state index < -0.39 is 0 Å². The second kappa shape index (κ2) is 11.0. The van der Waals surface area contributed by atoms with Crippen molar-refractivity contribution in [3.05, 3.63) is 100 Å². The molecule has 0 bridgehead atoms. The van der Waals surface area contributed by atoms with Crippen LogP contribution in [0.5, 0.6) is 11.5 Å². The van der Waals surface area contributed by atoms with Gasteiger partial charge in [-0.1, -0.05) is 57.2 Å². The van der Waals surface area contributed by atoms with E-state index in [2.05, 4.69) is 32.9 Å². The SMILES string of the molecule is CC(C)(C)c1ccc(OCCOc2ccc(/C=C3\SC(=O)N(Cc4ccc(F)cc4)C3=O)cc2)cc1. The zero-order valence-electron chi connectivity index (χ0n) is 20.5. The van der Waals surface area contributed by atoms with Gasteiger partial charge in [0.1, 0.15) is 30.5 Å². The summed E-state index contributed by atoms with van der Waals surface area (Å²) in [6, 6.07) is 21.1. The topological polar surface area (TPSA) is 55.8 Å². The molecule has 1 fully saturated rings. The molecule has 4 rings (SSSR count). The lowest BCUT2D eigenvalue weighted by molar-refractivity contribution is -0.123. The zero-order chi connectivity index (χ0) is 25.7. The molecule has 0 aromatic heterocycles. The molecule has 1 heterocycles. The Balaban J connectivity index is 1.27. The highest BCUT2D eigenvalue weighted by molar-refractivity contribution is 8.18. The van der Waals surface area contributed by atoms with Gasteiger partial charge >= 0.3 is 0 Å². The molecule has 3 aromatic rings. The van der Waals surface area contributed by atoms with Crippen LogP contribution in [0.2, 0.25) is 0 Å². The Kier molecular flexibility index (Phi) is 7.79. The number of amides is 2. The third-order valence-electron chi connectivity index (χ3n) is 5.65. The Morgan fingerprint density at radius 1 is 0.833 bits per heavy atom. The van der Waals surface area contributed by atoms with Crippen molar-refractivity contribution in [3.8, 4) is 11.5 Å². The van der Waals surface area contributed by atoms with Gasteiger partial charge in [-0.25, -0.2) is 4.39 Å². The molecule has 0 aliphatic carbocycles. The van der Waals surface area contributed by atoms with Gasteiger partial charge in [0.15, 0.2) is 0 Å². The summed E-state index contributed by atoms with van der Waals surface area (Å²) in [7, 11) is 0. The molecule has 186 valence electrons. The molecule has 7 heteroatoms. The summed E-state index contributed by atoms with van der Waals surface area (Å²) in [5.74, 6) is 0.763. The molecule has 1 saturated heterocycles. The first kappa shape index (κ1) is 25.5. The van der Waals surface area contributed by atoms with Crippen LogP contribution in [0.25, 0.3) is 6.08 Å². The van der Waals surface area contributed by atoms with Crippen molar-refractivity contribution in [2.45, 2.75) is 32.7 Å². The van der Waals surface area contributed by atoms with E-state index in [1.807, 2.05) is 36.4 Å². The van der Waals surface area contributed by atoms with E-state index in [0.717, 1.165) is 28.0 Å². The second-order valence-corrected chi connectivity index (χ2v) is 10.4. The van der Waals surface area contributed by atoms with Crippen LogP contribution in [-0.2, 0) is 16.8 Å². The number of ether oxygens (including phenoxy) is 2. The monoisotopic (exact) mass is 505 g/mol. The van der Waals surface area contributed by atoms with E-state index >= 15 is 0 Å². The number of carbonyl (C=O) groups excluding carboxylic acids is 2. The maximum absolute atomic E-state index is 13.1. The van der Waals surface area contributed by atoms with Gasteiger partial charge in [-0.05, 0) is 76.3 Å². The lowest BCUT2D eigenvalue weighted by atomic mass is 9.87. The van der Waals surface area contributed by atoms with Crippen LogP contribution in [0.3, 0.4) is 0 Å². The molecule has 3 aromatic carbocycles. The Morgan fingerprint density at radius 2 is 1.39 bits per heavy atom. The minimum Gasteiger partial charge on any atom is -0.490 e. The largest absolute Gasteiger partial charge is 0.490 e. The number of benzene rings is 3. The molecule has 0 N–H and O–H groups in total. The molecule has 36 heavy (non-hydrogen) atoms. The van der Waals surface area contributed by atoms with Crippen LogP contribution in [-0.4, -0.2) is 29.3 Å². The van der Waals surface area contributed by atoms with Gasteiger partial charge in [-0.15, -0.1) is 0 Å². The van der Waals surface area contributed by atoms with Crippen LogP contribution in [0.1, 0.15) is 37.5 Å². The Morgan fingerprint density at radius 3 is 1.94 bits per heavy atom. The number of carbonyl (C=O) groups is 2. The average molecular weight is 506 g/mol. The summed E-state index contributed by atoms with van der Waals surface area (Å²) in [5.41, 5.74) is 2.83. The smallest absolute Gasteiger partial charge is 0.293 e. The van der Waals surface area contributed by atoms with Crippen molar-refractivity contribution in [3.63, 3.8) is 0 Å².